The Labute approximate surface area is 157 Å². The van der Waals surface area contributed by atoms with Crippen molar-refractivity contribution in [1.82, 2.24) is 10.6 Å². The van der Waals surface area contributed by atoms with Gasteiger partial charge >= 0.3 is 6.09 Å². The Morgan fingerprint density at radius 2 is 1.80 bits per heavy atom. The monoisotopic (exact) mass is 414 g/mol. The molecule has 0 bridgehead atoms. The molecular weight excluding hydrogens is 388 g/mol. The first kappa shape index (κ1) is 21.3. The van der Waals surface area contributed by atoms with Crippen LogP contribution < -0.4 is 15.4 Å². The first-order valence-corrected chi connectivity index (χ1v) is 9.24. The summed E-state index contributed by atoms with van der Waals surface area (Å²) in [5, 5.41) is 5.60. The van der Waals surface area contributed by atoms with Gasteiger partial charge in [0, 0.05) is 17.1 Å². The molecule has 0 saturated heterocycles. The quantitative estimate of drug-likeness (QED) is 0.648. The molecular formula is C18H27BrN2O4. The zero-order valence-electron chi connectivity index (χ0n) is 15.2. The summed E-state index contributed by atoms with van der Waals surface area (Å²) in [6.45, 7) is 8.18. The van der Waals surface area contributed by atoms with E-state index in [4.69, 9.17) is 9.47 Å². The van der Waals surface area contributed by atoms with Crippen molar-refractivity contribution >= 4 is 27.9 Å². The zero-order chi connectivity index (χ0) is 18.8. The van der Waals surface area contributed by atoms with Crippen molar-refractivity contribution in [1.29, 1.82) is 0 Å². The predicted octanol–water partition coefficient (Wildman–Crippen LogP) is 3.49. The normalized spacial score (nSPS) is 13.0. The molecule has 0 aliphatic carbocycles. The lowest BCUT2D eigenvalue weighted by molar-refractivity contribution is -0.127. The van der Waals surface area contributed by atoms with E-state index in [9.17, 15) is 9.59 Å². The average Bonchev–Trinajstić information content (AvgIpc) is 2.54. The Bertz CT molecular complexity index is 549. The first-order valence-electron chi connectivity index (χ1n) is 8.45. The molecule has 1 rings (SSSR count). The molecule has 0 spiro atoms. The standard InChI is InChI=1S/C18H27BrN2O4/c1-5-24-18(23)21-15(10-12(2)3)11-20-17(22)13(4)25-16-8-6-14(19)7-9-16/h6-9,12-13,15H,5,10-11H2,1-4H3,(H,20,22)(H,21,23). The van der Waals surface area contributed by atoms with Crippen LogP contribution in [0.25, 0.3) is 0 Å². The molecule has 2 N–H and O–H groups in total. The molecule has 0 aliphatic rings. The second-order valence-corrected chi connectivity index (χ2v) is 7.07. The van der Waals surface area contributed by atoms with E-state index in [0.717, 1.165) is 10.9 Å². The lowest BCUT2D eigenvalue weighted by atomic mass is 10.0. The van der Waals surface area contributed by atoms with Crippen LogP contribution in [0.1, 0.15) is 34.1 Å². The fraction of sp³-hybridized carbons (Fsp3) is 0.556. The van der Waals surface area contributed by atoms with E-state index in [1.54, 1.807) is 26.0 Å². The number of ether oxygens (including phenoxy) is 2. The summed E-state index contributed by atoms with van der Waals surface area (Å²) in [5.41, 5.74) is 0. The highest BCUT2D eigenvalue weighted by Gasteiger charge is 2.19. The Morgan fingerprint density at radius 1 is 1.16 bits per heavy atom. The van der Waals surface area contributed by atoms with Gasteiger partial charge < -0.3 is 20.1 Å². The van der Waals surface area contributed by atoms with E-state index >= 15 is 0 Å². The van der Waals surface area contributed by atoms with E-state index < -0.39 is 12.2 Å². The van der Waals surface area contributed by atoms with Crippen LogP contribution in [0.3, 0.4) is 0 Å². The fourth-order valence-corrected chi connectivity index (χ4v) is 2.50. The lowest BCUT2D eigenvalue weighted by Gasteiger charge is -2.22. The molecule has 140 valence electrons. The largest absolute Gasteiger partial charge is 0.481 e. The maximum atomic E-state index is 12.2. The van der Waals surface area contributed by atoms with Gasteiger partial charge in [-0.1, -0.05) is 29.8 Å². The number of carbonyl (C=O) groups is 2. The van der Waals surface area contributed by atoms with Crippen LogP contribution in [0.5, 0.6) is 5.75 Å². The fourth-order valence-electron chi connectivity index (χ4n) is 2.24. The van der Waals surface area contributed by atoms with E-state index in [2.05, 4.69) is 40.4 Å². The van der Waals surface area contributed by atoms with E-state index in [1.807, 2.05) is 12.1 Å². The van der Waals surface area contributed by atoms with Gasteiger partial charge in [-0.05, 0) is 50.5 Å². The highest BCUT2D eigenvalue weighted by molar-refractivity contribution is 9.10. The topological polar surface area (TPSA) is 76.7 Å². The van der Waals surface area contributed by atoms with Crippen molar-refractivity contribution in [3.63, 3.8) is 0 Å². The molecule has 1 aromatic carbocycles. The Morgan fingerprint density at radius 3 is 2.36 bits per heavy atom. The molecule has 0 saturated carbocycles. The van der Waals surface area contributed by atoms with Gasteiger partial charge in [0.2, 0.25) is 0 Å². The van der Waals surface area contributed by atoms with Crippen LogP contribution in [0.4, 0.5) is 4.79 Å². The Hall–Kier alpha value is -1.76. The molecule has 7 heteroatoms. The number of hydrogen-bond donors (Lipinski definition) is 2. The molecule has 2 atom stereocenters. The van der Waals surface area contributed by atoms with Crippen LogP contribution in [-0.4, -0.2) is 37.3 Å². The SMILES string of the molecule is CCOC(=O)NC(CNC(=O)C(C)Oc1ccc(Br)cc1)CC(C)C. The molecule has 25 heavy (non-hydrogen) atoms. The first-order chi connectivity index (χ1) is 11.8. The van der Waals surface area contributed by atoms with Gasteiger partial charge in [-0.2, -0.15) is 0 Å². The summed E-state index contributed by atoms with van der Waals surface area (Å²) in [4.78, 5) is 23.8. The van der Waals surface area contributed by atoms with Gasteiger partial charge in [-0.3, -0.25) is 4.79 Å². The van der Waals surface area contributed by atoms with Crippen molar-refractivity contribution in [3.8, 4) is 5.75 Å². The lowest BCUT2D eigenvalue weighted by Crippen LogP contribution is -2.47. The molecule has 0 aromatic heterocycles. The molecule has 6 nitrogen and oxygen atoms in total. The number of carbonyl (C=O) groups excluding carboxylic acids is 2. The van der Waals surface area contributed by atoms with Crippen molar-refractivity contribution in [2.24, 2.45) is 5.92 Å². The second-order valence-electron chi connectivity index (χ2n) is 6.15. The van der Waals surface area contributed by atoms with E-state index in [-0.39, 0.29) is 11.9 Å². The molecule has 0 fully saturated rings. The molecule has 2 amide bonds. The smallest absolute Gasteiger partial charge is 0.407 e. The van der Waals surface area contributed by atoms with Crippen LogP contribution in [-0.2, 0) is 9.53 Å². The minimum Gasteiger partial charge on any atom is -0.481 e. The number of alkyl carbamates (subject to hydrolysis) is 1. The minimum absolute atomic E-state index is 0.192. The van der Waals surface area contributed by atoms with Crippen molar-refractivity contribution in [3.05, 3.63) is 28.7 Å². The van der Waals surface area contributed by atoms with E-state index in [1.165, 1.54) is 0 Å². The third-order valence-corrected chi connectivity index (χ3v) is 3.90. The molecule has 2 unspecified atom stereocenters. The van der Waals surface area contributed by atoms with Gasteiger partial charge in [0.25, 0.3) is 5.91 Å². The predicted molar refractivity (Wildman–Crippen MR) is 101 cm³/mol. The summed E-state index contributed by atoms with van der Waals surface area (Å²) in [6.07, 6.45) is -0.369. The van der Waals surface area contributed by atoms with Crippen molar-refractivity contribution in [2.75, 3.05) is 13.2 Å². The number of rotatable bonds is 9. The second kappa shape index (κ2) is 11.0. The Balaban J connectivity index is 2.51. The van der Waals surface area contributed by atoms with Gasteiger partial charge in [0.15, 0.2) is 6.10 Å². The van der Waals surface area contributed by atoms with Crippen LogP contribution >= 0.6 is 15.9 Å². The molecule has 0 heterocycles. The van der Waals surface area contributed by atoms with Crippen LogP contribution in [0, 0.1) is 5.92 Å². The van der Waals surface area contributed by atoms with Crippen LogP contribution in [0.15, 0.2) is 28.7 Å². The summed E-state index contributed by atoms with van der Waals surface area (Å²) < 4.78 is 11.5. The van der Waals surface area contributed by atoms with Crippen LogP contribution in [0.2, 0.25) is 0 Å². The minimum atomic E-state index is -0.636. The number of hydrogen-bond acceptors (Lipinski definition) is 4. The summed E-state index contributed by atoms with van der Waals surface area (Å²) in [5.74, 6) is 0.761. The number of benzene rings is 1. The van der Waals surface area contributed by atoms with Gasteiger partial charge in [-0.15, -0.1) is 0 Å². The third kappa shape index (κ3) is 8.77. The van der Waals surface area contributed by atoms with E-state index in [0.29, 0.717) is 24.8 Å². The third-order valence-electron chi connectivity index (χ3n) is 3.37. The maximum Gasteiger partial charge on any atom is 0.407 e. The summed E-state index contributed by atoms with van der Waals surface area (Å²) in [6, 6.07) is 7.09. The number of nitrogens with one attached hydrogen (secondary N) is 2. The van der Waals surface area contributed by atoms with Crippen molar-refractivity contribution in [2.45, 2.75) is 46.3 Å². The highest BCUT2D eigenvalue weighted by Crippen LogP contribution is 2.17. The average molecular weight is 415 g/mol. The maximum absolute atomic E-state index is 12.2. The Kier molecular flexibility index (Phi) is 9.34. The summed E-state index contributed by atoms with van der Waals surface area (Å²) in [7, 11) is 0. The number of halogens is 1. The number of amides is 2. The molecule has 0 aliphatic heterocycles. The van der Waals surface area contributed by atoms with Gasteiger partial charge in [-0.25, -0.2) is 4.79 Å². The van der Waals surface area contributed by atoms with Gasteiger partial charge in [0.05, 0.1) is 6.61 Å². The molecule has 1 aromatic rings. The van der Waals surface area contributed by atoms with Gasteiger partial charge in [0.1, 0.15) is 5.75 Å². The molecule has 0 radical (unpaired) electrons. The summed E-state index contributed by atoms with van der Waals surface area (Å²) >= 11 is 3.35. The zero-order valence-corrected chi connectivity index (χ0v) is 16.8. The highest BCUT2D eigenvalue weighted by atomic mass is 79.9. The van der Waals surface area contributed by atoms with Crippen molar-refractivity contribution < 1.29 is 19.1 Å².